The topological polar surface area (TPSA) is 84.2 Å². The van der Waals surface area contributed by atoms with Gasteiger partial charge in [-0.3, -0.25) is 4.72 Å². The van der Waals surface area contributed by atoms with E-state index < -0.39 is 10.0 Å². The maximum absolute atomic E-state index is 11.9. The second-order valence-corrected chi connectivity index (χ2v) is 10.0. The van der Waals surface area contributed by atoms with Crippen LogP contribution in [0.4, 0.5) is 5.69 Å². The van der Waals surface area contributed by atoms with Crippen LogP contribution in [0.1, 0.15) is 43.6 Å². The van der Waals surface area contributed by atoms with Crippen molar-refractivity contribution in [3.05, 3.63) is 54.1 Å². The van der Waals surface area contributed by atoms with Crippen LogP contribution < -0.4 is 15.8 Å². The van der Waals surface area contributed by atoms with Crippen molar-refractivity contribution in [1.82, 2.24) is 5.32 Å². The fourth-order valence-corrected chi connectivity index (χ4v) is 4.87. The number of nitrogens with two attached hydrogens (primary N) is 1. The zero-order chi connectivity index (χ0) is 19.7. The molecular weight excluding hydrogens is 370 g/mol. The highest BCUT2D eigenvalue weighted by Gasteiger charge is 2.41. The Labute approximate surface area is 167 Å². The van der Waals surface area contributed by atoms with Crippen molar-refractivity contribution in [2.45, 2.75) is 56.1 Å². The van der Waals surface area contributed by atoms with Gasteiger partial charge in [0, 0.05) is 24.0 Å². The van der Waals surface area contributed by atoms with Crippen molar-refractivity contribution in [2.24, 2.45) is 5.73 Å². The molecule has 2 aliphatic carbocycles. The summed E-state index contributed by atoms with van der Waals surface area (Å²) in [7, 11) is -3.34. The van der Waals surface area contributed by atoms with Gasteiger partial charge in [-0.2, -0.15) is 0 Å². The van der Waals surface area contributed by atoms with Gasteiger partial charge in [-0.1, -0.05) is 42.5 Å². The summed E-state index contributed by atoms with van der Waals surface area (Å²) in [6.07, 6.45) is 6.69. The second kappa shape index (κ2) is 7.85. The number of sulfonamides is 1. The van der Waals surface area contributed by atoms with Crippen LogP contribution in [0.15, 0.2) is 48.5 Å². The molecule has 0 amide bonds. The van der Waals surface area contributed by atoms with Gasteiger partial charge in [0.15, 0.2) is 0 Å². The molecular formula is C22H29N3O2S. The summed E-state index contributed by atoms with van der Waals surface area (Å²) in [4.78, 5) is 0. The lowest BCUT2D eigenvalue weighted by Gasteiger charge is -2.27. The van der Waals surface area contributed by atoms with Crippen LogP contribution in [0.2, 0.25) is 0 Å². The highest BCUT2D eigenvalue weighted by atomic mass is 32.2. The Kier molecular flexibility index (Phi) is 5.45. The average Bonchev–Trinajstić information content (AvgIpc) is 3.42. The molecule has 2 atom stereocenters. The Hall–Kier alpha value is -1.89. The number of benzene rings is 2. The van der Waals surface area contributed by atoms with E-state index >= 15 is 0 Å². The van der Waals surface area contributed by atoms with Crippen LogP contribution in [-0.4, -0.2) is 32.8 Å². The third kappa shape index (κ3) is 4.74. The number of nitrogens with one attached hydrogen (secondary N) is 2. The monoisotopic (exact) mass is 399 g/mol. The highest BCUT2D eigenvalue weighted by Crippen LogP contribution is 2.45. The maximum atomic E-state index is 11.9. The van der Waals surface area contributed by atoms with Crippen LogP contribution in [-0.2, 0) is 10.0 Å². The summed E-state index contributed by atoms with van der Waals surface area (Å²) in [5.74, 6) is 0.352. The van der Waals surface area contributed by atoms with E-state index in [2.05, 4.69) is 22.2 Å². The van der Waals surface area contributed by atoms with Gasteiger partial charge in [-0.05, 0) is 54.9 Å². The molecule has 2 aliphatic rings. The predicted octanol–water partition coefficient (Wildman–Crippen LogP) is 3.44. The van der Waals surface area contributed by atoms with Crippen LogP contribution in [0, 0.1) is 0 Å². The van der Waals surface area contributed by atoms with Crippen molar-refractivity contribution in [1.29, 1.82) is 0 Å². The maximum Gasteiger partial charge on any atom is 0.229 e. The SMILES string of the molecule is CS(=O)(=O)Nc1cc(-c2ccccc2)ccc1[C@@H]1C[C@H]1NC1CCC(N)CC1. The molecule has 6 heteroatoms. The smallest absolute Gasteiger partial charge is 0.229 e. The minimum Gasteiger partial charge on any atom is -0.328 e. The molecule has 0 aliphatic heterocycles. The van der Waals surface area contributed by atoms with Crippen LogP contribution in [0.3, 0.4) is 0 Å². The van der Waals surface area contributed by atoms with Gasteiger partial charge in [0.05, 0.1) is 11.9 Å². The molecule has 0 heterocycles. The standard InChI is InChI=1S/C22H29N3O2S/c1-28(26,27)25-22-13-16(15-5-3-2-4-6-15)7-12-19(22)20-14-21(20)24-18-10-8-17(23)9-11-18/h2-7,12-13,17-18,20-21,24-25H,8-11,14,23H2,1H3/t17?,18?,20-,21+/m0/s1. The largest absolute Gasteiger partial charge is 0.328 e. The van der Waals surface area contributed by atoms with E-state index in [1.165, 1.54) is 6.26 Å². The summed E-state index contributed by atoms with van der Waals surface area (Å²) in [5, 5.41) is 3.77. The molecule has 150 valence electrons. The fraction of sp³-hybridized carbons (Fsp3) is 0.455. The number of hydrogen-bond acceptors (Lipinski definition) is 4. The molecule has 4 N–H and O–H groups in total. The van der Waals surface area contributed by atoms with E-state index in [1.807, 2.05) is 36.4 Å². The van der Waals surface area contributed by atoms with E-state index in [9.17, 15) is 8.42 Å². The molecule has 0 aromatic heterocycles. The normalized spacial score (nSPS) is 27.4. The Bertz CT molecular complexity index is 922. The summed E-state index contributed by atoms with van der Waals surface area (Å²) in [6, 6.07) is 17.5. The summed E-state index contributed by atoms with van der Waals surface area (Å²) in [5.41, 5.74) is 9.88. The second-order valence-electron chi connectivity index (χ2n) is 8.27. The molecule has 0 spiro atoms. The van der Waals surface area contributed by atoms with Crippen molar-refractivity contribution in [2.75, 3.05) is 11.0 Å². The Balaban J connectivity index is 1.53. The zero-order valence-corrected chi connectivity index (χ0v) is 17.1. The lowest BCUT2D eigenvalue weighted by molar-refractivity contribution is 0.339. The quantitative estimate of drug-likeness (QED) is 0.695. The molecule has 0 radical (unpaired) electrons. The van der Waals surface area contributed by atoms with E-state index in [4.69, 9.17) is 5.73 Å². The van der Waals surface area contributed by atoms with E-state index in [0.29, 0.717) is 29.7 Å². The van der Waals surface area contributed by atoms with Gasteiger partial charge < -0.3 is 11.1 Å². The molecule has 2 fully saturated rings. The molecule has 28 heavy (non-hydrogen) atoms. The Morgan fingerprint density at radius 2 is 1.68 bits per heavy atom. The highest BCUT2D eigenvalue weighted by molar-refractivity contribution is 7.92. The van der Waals surface area contributed by atoms with Gasteiger partial charge in [-0.15, -0.1) is 0 Å². The predicted molar refractivity (Wildman–Crippen MR) is 115 cm³/mol. The first-order chi connectivity index (χ1) is 13.4. The van der Waals surface area contributed by atoms with E-state index in [0.717, 1.165) is 48.8 Å². The van der Waals surface area contributed by atoms with Gasteiger partial charge in [0.2, 0.25) is 10.0 Å². The van der Waals surface area contributed by atoms with Gasteiger partial charge in [0.1, 0.15) is 0 Å². The zero-order valence-electron chi connectivity index (χ0n) is 16.3. The van der Waals surface area contributed by atoms with Crippen molar-refractivity contribution >= 4 is 15.7 Å². The average molecular weight is 400 g/mol. The van der Waals surface area contributed by atoms with Crippen molar-refractivity contribution in [3.8, 4) is 11.1 Å². The molecule has 0 saturated heterocycles. The van der Waals surface area contributed by atoms with E-state index in [-0.39, 0.29) is 0 Å². The van der Waals surface area contributed by atoms with E-state index in [1.54, 1.807) is 0 Å². The van der Waals surface area contributed by atoms with Gasteiger partial charge >= 0.3 is 0 Å². The number of anilines is 1. The van der Waals surface area contributed by atoms with Crippen molar-refractivity contribution < 1.29 is 8.42 Å². The van der Waals surface area contributed by atoms with Crippen LogP contribution >= 0.6 is 0 Å². The molecule has 2 aromatic carbocycles. The minimum absolute atomic E-state index is 0.351. The summed E-state index contributed by atoms with van der Waals surface area (Å²) >= 11 is 0. The fourth-order valence-electron chi connectivity index (χ4n) is 4.29. The number of rotatable bonds is 6. The summed E-state index contributed by atoms with van der Waals surface area (Å²) in [6.45, 7) is 0. The molecule has 5 nitrogen and oxygen atoms in total. The lowest BCUT2D eigenvalue weighted by atomic mass is 9.91. The number of hydrogen-bond donors (Lipinski definition) is 3. The Morgan fingerprint density at radius 1 is 0.964 bits per heavy atom. The van der Waals surface area contributed by atoms with Gasteiger partial charge in [0.25, 0.3) is 0 Å². The Morgan fingerprint density at radius 3 is 2.36 bits per heavy atom. The molecule has 2 aromatic rings. The first-order valence-electron chi connectivity index (χ1n) is 10.1. The van der Waals surface area contributed by atoms with Gasteiger partial charge in [-0.25, -0.2) is 8.42 Å². The molecule has 0 unspecified atom stereocenters. The summed E-state index contributed by atoms with van der Waals surface area (Å²) < 4.78 is 26.6. The van der Waals surface area contributed by atoms with Crippen molar-refractivity contribution in [3.63, 3.8) is 0 Å². The lowest BCUT2D eigenvalue weighted by Crippen LogP contribution is -2.38. The minimum atomic E-state index is -3.34. The van der Waals surface area contributed by atoms with Crippen LogP contribution in [0.5, 0.6) is 0 Å². The third-order valence-electron chi connectivity index (χ3n) is 5.87. The molecule has 0 bridgehead atoms. The molecule has 4 rings (SSSR count). The molecule has 2 saturated carbocycles. The first-order valence-corrected chi connectivity index (χ1v) is 12.0. The van der Waals surface area contributed by atoms with Crippen LogP contribution in [0.25, 0.3) is 11.1 Å². The third-order valence-corrected chi connectivity index (χ3v) is 6.46. The first kappa shape index (κ1) is 19.4.